The van der Waals surface area contributed by atoms with Crippen molar-refractivity contribution < 1.29 is 8.83 Å². The Morgan fingerprint density at radius 3 is 1.02 bits per heavy atom. The molecule has 0 atom stereocenters. The summed E-state index contributed by atoms with van der Waals surface area (Å²) in [5, 5.41) is 15.2. The topological polar surface area (TPSA) is 94.2 Å². The molecule has 0 aliphatic rings. The van der Waals surface area contributed by atoms with Crippen molar-refractivity contribution >= 4 is 186 Å². The van der Waals surface area contributed by atoms with Crippen LogP contribution in [0.1, 0.15) is 0 Å². The van der Waals surface area contributed by atoms with E-state index in [1.54, 1.807) is 11.3 Å². The minimum absolute atomic E-state index is 0.615. The molecule has 0 N–H and O–H groups in total. The molecule has 594 valence electrons. The van der Waals surface area contributed by atoms with Crippen molar-refractivity contribution in [1.29, 1.82) is 0 Å². The Morgan fingerprint density at radius 2 is 0.567 bits per heavy atom. The number of nitrogens with zero attached hydrogens (tertiary/aromatic N) is 8. The van der Waals surface area contributed by atoms with Crippen molar-refractivity contribution in [2.75, 3.05) is 9.80 Å². The second-order valence-corrected chi connectivity index (χ2v) is 33.3. The van der Waals surface area contributed by atoms with Gasteiger partial charge in [-0.15, -0.1) is 11.3 Å². The predicted octanol–water partition coefficient (Wildman–Crippen LogP) is 32.0. The molecule has 0 spiro atoms. The summed E-state index contributed by atoms with van der Waals surface area (Å²) in [6.45, 7) is 0. The van der Waals surface area contributed by atoms with Crippen LogP contribution in [0, 0.1) is 0 Å². The van der Waals surface area contributed by atoms with Gasteiger partial charge in [0.1, 0.15) is 22.3 Å². The first-order chi connectivity index (χ1) is 63.0. The molecule has 0 saturated carbocycles. The van der Waals surface area contributed by atoms with Crippen LogP contribution in [0.15, 0.2) is 446 Å². The fourth-order valence-electron chi connectivity index (χ4n) is 19.2. The molecule has 11 heteroatoms. The molecule has 26 rings (SSSR count). The number of anilines is 6. The minimum Gasteiger partial charge on any atom is -0.455 e. The summed E-state index contributed by atoms with van der Waals surface area (Å²) in [5.41, 5.74) is 26.5. The maximum absolute atomic E-state index is 7.23. The molecule has 0 saturated heterocycles. The molecule has 0 amide bonds. The van der Waals surface area contributed by atoms with E-state index in [0.29, 0.717) is 11.9 Å². The van der Waals surface area contributed by atoms with Crippen LogP contribution in [0.4, 0.5) is 34.1 Å². The molecule has 19 aromatic carbocycles. The molecule has 0 aliphatic carbocycles. The van der Waals surface area contributed by atoms with Crippen LogP contribution in [-0.2, 0) is 0 Å². The first kappa shape index (κ1) is 72.9. The highest BCUT2D eigenvalue weighted by Crippen LogP contribution is 2.52. The van der Waals surface area contributed by atoms with Crippen LogP contribution in [0.3, 0.4) is 0 Å². The van der Waals surface area contributed by atoms with Gasteiger partial charge >= 0.3 is 0 Å². The predicted molar refractivity (Wildman–Crippen MR) is 529 cm³/mol. The second-order valence-electron chi connectivity index (χ2n) is 32.2. The van der Waals surface area contributed by atoms with Gasteiger partial charge in [0.15, 0.2) is 0 Å². The van der Waals surface area contributed by atoms with E-state index >= 15 is 0 Å². The SMILES string of the molecule is c1ccc(-c2ccc(N(c3ccc(-c4ccccc4)cc3)c3cc4oc5c(ccc6c5c5ccccc5n6-c5nc(-c6ccccc6)c6ccccc6n5)c4c4ccccc34)cc2)cc1.c1ccc(-c2ccc(N(c3ccccc3)c3cc4oc5c(ccc6c5c5ccccc5n6-c5nc(-c6ccccc6)c6sc7ccccc7c6n5)c4c4ccccc34)cc2)cc1. The van der Waals surface area contributed by atoms with Gasteiger partial charge in [0, 0.05) is 105 Å². The Morgan fingerprint density at radius 1 is 0.228 bits per heavy atom. The van der Waals surface area contributed by atoms with E-state index < -0.39 is 0 Å². The van der Waals surface area contributed by atoms with Crippen molar-refractivity contribution in [3.05, 3.63) is 437 Å². The zero-order valence-corrected chi connectivity index (χ0v) is 69.2. The van der Waals surface area contributed by atoms with Crippen LogP contribution in [0.5, 0.6) is 0 Å². The van der Waals surface area contributed by atoms with Gasteiger partial charge < -0.3 is 18.6 Å². The molecule has 0 fully saturated rings. The Balaban J connectivity index is 0.000000138. The van der Waals surface area contributed by atoms with E-state index in [4.69, 9.17) is 28.8 Å². The summed E-state index contributed by atoms with van der Waals surface area (Å²) in [5.74, 6) is 1.25. The number of benzene rings is 19. The van der Waals surface area contributed by atoms with E-state index in [1.165, 1.54) is 38.1 Å². The van der Waals surface area contributed by atoms with Gasteiger partial charge in [-0.3, -0.25) is 9.13 Å². The van der Waals surface area contributed by atoms with Crippen molar-refractivity contribution in [3.63, 3.8) is 0 Å². The number of thiophene rings is 1. The van der Waals surface area contributed by atoms with Crippen molar-refractivity contribution in [2.24, 2.45) is 0 Å². The normalized spacial score (nSPS) is 11.8. The molecule has 10 nitrogen and oxygen atoms in total. The van der Waals surface area contributed by atoms with Crippen LogP contribution < -0.4 is 9.80 Å². The highest BCUT2D eigenvalue weighted by Gasteiger charge is 2.29. The molecule has 0 aliphatic heterocycles. The van der Waals surface area contributed by atoms with Gasteiger partial charge in [-0.2, -0.15) is 0 Å². The fourth-order valence-corrected chi connectivity index (χ4v) is 20.4. The summed E-state index contributed by atoms with van der Waals surface area (Å²) < 4.78 is 21.1. The molecular weight excluding hydrogens is 1570 g/mol. The monoisotopic (exact) mass is 1640 g/mol. The van der Waals surface area contributed by atoms with Crippen molar-refractivity contribution in [2.45, 2.75) is 0 Å². The highest BCUT2D eigenvalue weighted by atomic mass is 32.1. The van der Waals surface area contributed by atoms with Crippen LogP contribution in [0.2, 0.25) is 0 Å². The number of aromatic nitrogens is 6. The first-order valence-electron chi connectivity index (χ1n) is 42.8. The molecular formula is C116H72N8O2S. The van der Waals surface area contributed by atoms with E-state index in [-0.39, 0.29) is 0 Å². The second kappa shape index (κ2) is 30.0. The number of hydrogen-bond acceptors (Lipinski definition) is 9. The standard InChI is InChI=1S/C60H38N4O.C56H34N4OS/c1-4-16-39(17-5-1)41-28-32-44(33-29-41)63(45-34-30-42(31-35-45)40-18-6-2-7-19-40)54-38-55-56(47-23-11-10-22-46(47)54)50-36-37-53-57(59(50)65-55)49-25-13-15-27-52(49)64(53)60-61-51-26-14-12-24-48(51)58(62-60)43-20-8-3-9-21-43;1-4-16-35(17-5-1)36-28-30-39(31-29-36)59(38-20-8-3-9-21-38)47-34-48-50(41-23-11-10-22-40(41)47)44-32-33-46-51(54(44)61-48)42-24-12-14-26-45(42)60(46)56-57-52(37-18-6-2-7-19-37)55-53(58-56)43-25-13-15-27-49(43)62-55/h1-38H;1-34H. The molecule has 7 heterocycles. The lowest BCUT2D eigenvalue weighted by Crippen LogP contribution is -2.10. The molecule has 0 unspecified atom stereocenters. The summed E-state index contributed by atoms with van der Waals surface area (Å²) >= 11 is 1.75. The lowest BCUT2D eigenvalue weighted by atomic mass is 9.99. The van der Waals surface area contributed by atoms with Crippen molar-refractivity contribution in [3.8, 4) is 67.8 Å². The first-order valence-corrected chi connectivity index (χ1v) is 43.6. The van der Waals surface area contributed by atoms with Crippen LogP contribution in [0.25, 0.3) is 208 Å². The molecule has 127 heavy (non-hydrogen) atoms. The lowest BCUT2D eigenvalue weighted by molar-refractivity contribution is 0.673. The zero-order chi connectivity index (χ0) is 83.6. The molecule has 0 bridgehead atoms. The summed E-state index contributed by atoms with van der Waals surface area (Å²) in [6, 6.07) is 154. The third-order valence-corrected chi connectivity index (χ3v) is 26.2. The highest BCUT2D eigenvalue weighted by molar-refractivity contribution is 7.26. The summed E-state index contributed by atoms with van der Waals surface area (Å²) in [4.78, 5) is 26.1. The maximum Gasteiger partial charge on any atom is 0.235 e. The Kier molecular flexibility index (Phi) is 17.2. The third-order valence-electron chi connectivity index (χ3n) is 25.0. The van der Waals surface area contributed by atoms with Crippen LogP contribution >= 0.6 is 11.3 Å². The van der Waals surface area contributed by atoms with Gasteiger partial charge in [-0.05, 0) is 141 Å². The van der Waals surface area contributed by atoms with Gasteiger partial charge in [-0.25, -0.2) is 19.9 Å². The van der Waals surface area contributed by atoms with E-state index in [0.717, 1.165) is 192 Å². The number of fused-ring (bicyclic) bond motifs is 22. The Labute approximate surface area is 732 Å². The summed E-state index contributed by atoms with van der Waals surface area (Å²) in [7, 11) is 0. The molecule has 26 aromatic rings. The number of rotatable bonds is 13. The fraction of sp³-hybridized carbons (Fsp3) is 0. The average Bonchev–Trinajstić information content (AvgIpc) is 1.55. The number of hydrogen-bond donors (Lipinski definition) is 0. The minimum atomic E-state index is 0.615. The smallest absolute Gasteiger partial charge is 0.235 e. The molecule has 0 radical (unpaired) electrons. The Hall–Kier alpha value is -16.9. The van der Waals surface area contributed by atoms with Crippen LogP contribution in [-0.4, -0.2) is 29.1 Å². The van der Waals surface area contributed by atoms with E-state index in [2.05, 4.69) is 431 Å². The van der Waals surface area contributed by atoms with E-state index in [1.807, 2.05) is 24.3 Å². The average molecular weight is 1640 g/mol. The zero-order valence-electron chi connectivity index (χ0n) is 68.4. The third kappa shape index (κ3) is 12.1. The maximum atomic E-state index is 7.23. The molecule has 7 aromatic heterocycles. The van der Waals surface area contributed by atoms with Gasteiger partial charge in [0.2, 0.25) is 11.9 Å². The quantitative estimate of drug-likeness (QED) is 0.113. The Bertz CT molecular complexity index is 8720. The largest absolute Gasteiger partial charge is 0.455 e. The van der Waals surface area contributed by atoms with Gasteiger partial charge in [0.25, 0.3) is 0 Å². The lowest BCUT2D eigenvalue weighted by Gasteiger charge is -2.27. The van der Waals surface area contributed by atoms with E-state index in [9.17, 15) is 0 Å². The summed E-state index contributed by atoms with van der Waals surface area (Å²) in [6.07, 6.45) is 0. The van der Waals surface area contributed by atoms with Gasteiger partial charge in [0.05, 0.1) is 71.3 Å². The van der Waals surface area contributed by atoms with Gasteiger partial charge in [-0.1, -0.05) is 328 Å². The number of furan rings is 2. The van der Waals surface area contributed by atoms with Crippen molar-refractivity contribution in [1.82, 2.24) is 29.1 Å². The number of para-hydroxylation sites is 4.